The third-order valence-electron chi connectivity index (χ3n) is 5.66. The van der Waals surface area contributed by atoms with Gasteiger partial charge in [-0.3, -0.25) is 4.79 Å². The molecule has 7 heteroatoms. The van der Waals surface area contributed by atoms with Gasteiger partial charge in [0.25, 0.3) is 0 Å². The number of amides is 1. The van der Waals surface area contributed by atoms with Crippen molar-refractivity contribution in [1.82, 2.24) is 5.32 Å². The molecule has 0 aromatic heterocycles. The van der Waals surface area contributed by atoms with Gasteiger partial charge in [-0.25, -0.2) is 4.79 Å². The molecule has 1 atom stereocenters. The summed E-state index contributed by atoms with van der Waals surface area (Å²) in [6.45, 7) is 0. The molecule has 1 fully saturated rings. The molecular formula is C25H31NO6. The van der Waals surface area contributed by atoms with Gasteiger partial charge in [-0.2, -0.15) is 0 Å². The molecule has 2 N–H and O–H groups in total. The Labute approximate surface area is 188 Å². The number of esters is 1. The average molecular weight is 442 g/mol. The molecule has 0 spiro atoms. The van der Waals surface area contributed by atoms with Gasteiger partial charge in [0, 0.05) is 12.8 Å². The van der Waals surface area contributed by atoms with E-state index in [1.165, 1.54) is 20.0 Å². The normalized spacial score (nSPS) is 14.6. The van der Waals surface area contributed by atoms with E-state index in [0.29, 0.717) is 17.9 Å². The van der Waals surface area contributed by atoms with Gasteiger partial charge >= 0.3 is 5.97 Å². The molecule has 0 bridgehead atoms. The van der Waals surface area contributed by atoms with Crippen molar-refractivity contribution >= 4 is 11.9 Å². The maximum atomic E-state index is 12.6. The minimum Gasteiger partial charge on any atom is -0.508 e. The van der Waals surface area contributed by atoms with E-state index >= 15 is 0 Å². The van der Waals surface area contributed by atoms with Crippen molar-refractivity contribution in [2.45, 2.75) is 57.1 Å². The zero-order valence-electron chi connectivity index (χ0n) is 18.6. The molecule has 0 aliphatic heterocycles. The fourth-order valence-electron chi connectivity index (χ4n) is 3.88. The van der Waals surface area contributed by atoms with Gasteiger partial charge in [0.15, 0.2) is 11.5 Å². The molecule has 32 heavy (non-hydrogen) atoms. The summed E-state index contributed by atoms with van der Waals surface area (Å²) in [6, 6.07) is 11.4. The Morgan fingerprint density at radius 1 is 1.03 bits per heavy atom. The third kappa shape index (κ3) is 6.64. The number of aromatic hydroxyl groups is 1. The first kappa shape index (κ1) is 23.4. The van der Waals surface area contributed by atoms with Crippen LogP contribution in [-0.2, 0) is 27.2 Å². The maximum absolute atomic E-state index is 12.6. The van der Waals surface area contributed by atoms with Crippen LogP contribution in [0.5, 0.6) is 17.2 Å². The SMILES string of the molecule is COC(=O)C(Cc1ccc(O)cc1)NC(=O)CCc1ccc(OC)c(OC2CCCC2)c1. The Morgan fingerprint density at radius 2 is 1.72 bits per heavy atom. The number of benzene rings is 2. The van der Waals surface area contributed by atoms with E-state index in [-0.39, 0.29) is 30.6 Å². The standard InChI is InChI=1S/C25H31NO6/c1-30-22-13-9-18(16-23(22)32-20-5-3-4-6-20)10-14-24(28)26-21(25(29)31-2)15-17-7-11-19(27)12-8-17/h7-9,11-13,16,20-21,27H,3-6,10,14-15H2,1-2H3,(H,26,28). The molecule has 1 amide bonds. The van der Waals surface area contributed by atoms with Crippen molar-refractivity contribution in [2.24, 2.45) is 0 Å². The van der Waals surface area contributed by atoms with Gasteiger partial charge in [-0.05, 0) is 67.5 Å². The number of rotatable bonds is 10. The van der Waals surface area contributed by atoms with Crippen LogP contribution in [0.1, 0.15) is 43.2 Å². The molecule has 2 aromatic carbocycles. The molecule has 172 valence electrons. The number of nitrogens with one attached hydrogen (secondary N) is 1. The molecule has 3 rings (SSSR count). The van der Waals surface area contributed by atoms with Crippen LogP contribution < -0.4 is 14.8 Å². The number of phenolic OH excluding ortho intramolecular Hbond substituents is 1. The van der Waals surface area contributed by atoms with E-state index < -0.39 is 12.0 Å². The Bertz CT molecular complexity index is 905. The molecule has 7 nitrogen and oxygen atoms in total. The van der Waals surface area contributed by atoms with Crippen LogP contribution in [0.2, 0.25) is 0 Å². The summed E-state index contributed by atoms with van der Waals surface area (Å²) in [5.41, 5.74) is 1.77. The molecule has 0 heterocycles. The molecule has 2 aromatic rings. The number of carbonyl (C=O) groups is 2. The Kier molecular flexibility index (Phi) is 8.36. The lowest BCUT2D eigenvalue weighted by molar-refractivity contribution is -0.145. The minimum absolute atomic E-state index is 0.142. The summed E-state index contributed by atoms with van der Waals surface area (Å²) in [5, 5.41) is 12.2. The van der Waals surface area contributed by atoms with Crippen molar-refractivity contribution in [1.29, 1.82) is 0 Å². The van der Waals surface area contributed by atoms with Crippen LogP contribution in [-0.4, -0.2) is 43.3 Å². The number of methoxy groups -OCH3 is 2. The third-order valence-corrected chi connectivity index (χ3v) is 5.66. The average Bonchev–Trinajstić information content (AvgIpc) is 3.31. The summed E-state index contributed by atoms with van der Waals surface area (Å²) >= 11 is 0. The molecule has 0 saturated heterocycles. The second-order valence-corrected chi connectivity index (χ2v) is 8.02. The number of aryl methyl sites for hydroxylation is 1. The zero-order valence-corrected chi connectivity index (χ0v) is 18.6. The lowest BCUT2D eigenvalue weighted by Crippen LogP contribution is -2.43. The van der Waals surface area contributed by atoms with Crippen molar-refractivity contribution < 1.29 is 28.9 Å². The van der Waals surface area contributed by atoms with E-state index in [2.05, 4.69) is 5.32 Å². The lowest BCUT2D eigenvalue weighted by atomic mass is 10.0. The number of ether oxygens (including phenoxy) is 3. The van der Waals surface area contributed by atoms with Gasteiger partial charge < -0.3 is 24.6 Å². The van der Waals surface area contributed by atoms with Crippen molar-refractivity contribution in [3.05, 3.63) is 53.6 Å². The van der Waals surface area contributed by atoms with Crippen LogP contribution in [0.25, 0.3) is 0 Å². The number of hydrogen-bond donors (Lipinski definition) is 2. The lowest BCUT2D eigenvalue weighted by Gasteiger charge is -2.18. The molecule has 1 aliphatic carbocycles. The first-order valence-corrected chi connectivity index (χ1v) is 11.0. The highest BCUT2D eigenvalue weighted by molar-refractivity contribution is 5.84. The summed E-state index contributed by atoms with van der Waals surface area (Å²) in [7, 11) is 2.91. The summed E-state index contributed by atoms with van der Waals surface area (Å²) in [4.78, 5) is 24.7. The van der Waals surface area contributed by atoms with E-state index in [4.69, 9.17) is 14.2 Å². The Hall–Kier alpha value is -3.22. The number of carbonyl (C=O) groups excluding carboxylic acids is 2. The van der Waals surface area contributed by atoms with Gasteiger partial charge in [-0.1, -0.05) is 18.2 Å². The van der Waals surface area contributed by atoms with Crippen molar-refractivity contribution in [2.75, 3.05) is 14.2 Å². The van der Waals surface area contributed by atoms with Crippen LogP contribution >= 0.6 is 0 Å². The Morgan fingerprint density at radius 3 is 2.38 bits per heavy atom. The Balaban J connectivity index is 1.59. The van der Waals surface area contributed by atoms with Gasteiger partial charge in [-0.15, -0.1) is 0 Å². The highest BCUT2D eigenvalue weighted by atomic mass is 16.5. The second-order valence-electron chi connectivity index (χ2n) is 8.02. The van der Waals surface area contributed by atoms with Crippen LogP contribution in [0.3, 0.4) is 0 Å². The largest absolute Gasteiger partial charge is 0.508 e. The fourth-order valence-corrected chi connectivity index (χ4v) is 3.88. The molecule has 0 radical (unpaired) electrons. The number of phenols is 1. The van der Waals surface area contributed by atoms with E-state index in [1.54, 1.807) is 31.4 Å². The van der Waals surface area contributed by atoms with Gasteiger partial charge in [0.05, 0.1) is 20.3 Å². The summed E-state index contributed by atoms with van der Waals surface area (Å²) in [6.07, 6.45) is 5.67. The van der Waals surface area contributed by atoms with E-state index in [1.807, 2.05) is 18.2 Å². The van der Waals surface area contributed by atoms with Gasteiger partial charge in [0.1, 0.15) is 11.8 Å². The summed E-state index contributed by atoms with van der Waals surface area (Å²) < 4.78 is 16.4. The monoisotopic (exact) mass is 441 g/mol. The van der Waals surface area contributed by atoms with Gasteiger partial charge in [0.2, 0.25) is 5.91 Å². The maximum Gasteiger partial charge on any atom is 0.328 e. The topological polar surface area (TPSA) is 94.1 Å². The highest BCUT2D eigenvalue weighted by Gasteiger charge is 2.22. The zero-order chi connectivity index (χ0) is 22.9. The highest BCUT2D eigenvalue weighted by Crippen LogP contribution is 2.32. The van der Waals surface area contributed by atoms with E-state index in [0.717, 1.165) is 24.0 Å². The van der Waals surface area contributed by atoms with Crippen molar-refractivity contribution in [3.63, 3.8) is 0 Å². The first-order chi connectivity index (χ1) is 15.5. The van der Waals surface area contributed by atoms with Crippen LogP contribution in [0, 0.1) is 0 Å². The molecular weight excluding hydrogens is 410 g/mol. The van der Waals surface area contributed by atoms with Crippen LogP contribution in [0.4, 0.5) is 0 Å². The predicted octanol–water partition coefficient (Wildman–Crippen LogP) is 3.56. The molecule has 1 saturated carbocycles. The predicted molar refractivity (Wildman–Crippen MR) is 120 cm³/mol. The first-order valence-electron chi connectivity index (χ1n) is 11.0. The van der Waals surface area contributed by atoms with E-state index in [9.17, 15) is 14.7 Å². The smallest absolute Gasteiger partial charge is 0.328 e. The quantitative estimate of drug-likeness (QED) is 0.548. The van der Waals surface area contributed by atoms with Crippen LogP contribution in [0.15, 0.2) is 42.5 Å². The summed E-state index contributed by atoms with van der Waals surface area (Å²) in [5.74, 6) is 0.779. The molecule has 1 unspecified atom stereocenters. The number of hydrogen-bond acceptors (Lipinski definition) is 6. The fraction of sp³-hybridized carbons (Fsp3) is 0.440. The molecule has 1 aliphatic rings. The minimum atomic E-state index is -0.797. The van der Waals surface area contributed by atoms with Crippen molar-refractivity contribution in [3.8, 4) is 17.2 Å². The second kappa shape index (κ2) is 11.4.